The Kier molecular flexibility index (Phi) is 9.21. The van der Waals surface area contributed by atoms with E-state index in [1.807, 2.05) is 6.92 Å². The zero-order chi connectivity index (χ0) is 23.7. The van der Waals surface area contributed by atoms with Crippen LogP contribution in [-0.2, 0) is 19.2 Å². The molecule has 1 unspecified atom stereocenters. The standard InChI is InChI=1S/C22H29N3O7/c1-13-11-21(30)32-18-12-15(6-7-16(13)18)25-22(31)17(24-14(2)26)5-3-4-10-23-19(27)8-9-20(28)29/h6-7,11-12,17,21,30H,3-5,8-10H2,1-2H3,(H,23,27)(H,24,26)(H,25,31)(H,28,29)/t17-,21?/m0/s1. The Balaban J connectivity index is 1.87. The fourth-order valence-electron chi connectivity index (χ4n) is 3.24. The predicted molar refractivity (Wildman–Crippen MR) is 117 cm³/mol. The number of carbonyl (C=O) groups is 4. The molecule has 0 saturated heterocycles. The maximum atomic E-state index is 12.7. The molecule has 0 aliphatic carbocycles. The van der Waals surface area contributed by atoms with Crippen LogP contribution in [0.4, 0.5) is 5.69 Å². The number of amides is 3. The van der Waals surface area contributed by atoms with E-state index in [1.54, 1.807) is 24.3 Å². The average molecular weight is 447 g/mol. The number of ether oxygens (including phenoxy) is 1. The van der Waals surface area contributed by atoms with Crippen LogP contribution < -0.4 is 20.7 Å². The molecular formula is C22H29N3O7. The molecule has 0 spiro atoms. The third-order valence-corrected chi connectivity index (χ3v) is 4.82. The topological polar surface area (TPSA) is 154 Å². The van der Waals surface area contributed by atoms with Gasteiger partial charge in [-0.05, 0) is 50.0 Å². The van der Waals surface area contributed by atoms with E-state index in [9.17, 15) is 24.3 Å². The lowest BCUT2D eigenvalue weighted by Gasteiger charge is -2.22. The van der Waals surface area contributed by atoms with Crippen molar-refractivity contribution in [1.82, 2.24) is 10.6 Å². The summed E-state index contributed by atoms with van der Waals surface area (Å²) in [5.74, 6) is -1.66. The van der Waals surface area contributed by atoms with E-state index >= 15 is 0 Å². The van der Waals surface area contributed by atoms with Gasteiger partial charge in [-0.2, -0.15) is 0 Å². The number of allylic oxidation sites excluding steroid dienone is 1. The highest BCUT2D eigenvalue weighted by atomic mass is 16.6. The first-order valence-electron chi connectivity index (χ1n) is 10.4. The number of aliphatic hydroxyl groups is 1. The summed E-state index contributed by atoms with van der Waals surface area (Å²) in [7, 11) is 0. The van der Waals surface area contributed by atoms with Gasteiger partial charge in [0.05, 0.1) is 6.42 Å². The lowest BCUT2D eigenvalue weighted by molar-refractivity contribution is -0.138. The van der Waals surface area contributed by atoms with Crippen LogP contribution in [0.3, 0.4) is 0 Å². The van der Waals surface area contributed by atoms with Gasteiger partial charge in [0.1, 0.15) is 11.8 Å². The second kappa shape index (κ2) is 11.8. The van der Waals surface area contributed by atoms with Crippen molar-refractivity contribution < 1.29 is 34.1 Å². The summed E-state index contributed by atoms with van der Waals surface area (Å²) in [4.78, 5) is 46.2. The van der Waals surface area contributed by atoms with Gasteiger partial charge in [-0.3, -0.25) is 19.2 Å². The maximum absolute atomic E-state index is 12.7. The highest BCUT2D eigenvalue weighted by molar-refractivity contribution is 5.97. The van der Waals surface area contributed by atoms with Crippen molar-refractivity contribution in [2.24, 2.45) is 0 Å². The van der Waals surface area contributed by atoms with Gasteiger partial charge in [0.2, 0.25) is 24.0 Å². The van der Waals surface area contributed by atoms with Gasteiger partial charge < -0.3 is 30.9 Å². The number of hydrogen-bond donors (Lipinski definition) is 5. The Morgan fingerprint density at radius 1 is 1.16 bits per heavy atom. The molecule has 2 rings (SSSR count). The van der Waals surface area contributed by atoms with Crippen LogP contribution in [0.15, 0.2) is 24.3 Å². The molecule has 0 aromatic heterocycles. The van der Waals surface area contributed by atoms with Crippen LogP contribution in [0.2, 0.25) is 0 Å². The minimum atomic E-state index is -1.05. The van der Waals surface area contributed by atoms with Crippen LogP contribution in [0, 0.1) is 0 Å². The summed E-state index contributed by atoms with van der Waals surface area (Å²) in [6.07, 6.45) is 1.72. The van der Waals surface area contributed by atoms with Crippen molar-refractivity contribution in [3.8, 4) is 5.75 Å². The van der Waals surface area contributed by atoms with Crippen molar-refractivity contribution >= 4 is 35.0 Å². The number of fused-ring (bicyclic) bond motifs is 1. The third kappa shape index (κ3) is 8.03. The Morgan fingerprint density at radius 2 is 1.91 bits per heavy atom. The third-order valence-electron chi connectivity index (χ3n) is 4.82. The van der Waals surface area contributed by atoms with E-state index in [0.29, 0.717) is 37.2 Å². The quantitative estimate of drug-likeness (QED) is 0.321. The smallest absolute Gasteiger partial charge is 0.303 e. The second-order valence-corrected chi connectivity index (χ2v) is 7.55. The number of aliphatic hydroxyl groups excluding tert-OH is 1. The number of rotatable bonds is 11. The summed E-state index contributed by atoms with van der Waals surface area (Å²) in [6.45, 7) is 3.53. The van der Waals surface area contributed by atoms with E-state index in [1.165, 1.54) is 6.92 Å². The first-order valence-corrected chi connectivity index (χ1v) is 10.4. The largest absolute Gasteiger partial charge is 0.481 e. The Labute approximate surface area is 186 Å². The molecule has 0 radical (unpaired) electrons. The SMILES string of the molecule is CC(=O)N[C@@H](CCCCNC(=O)CCC(=O)O)C(=O)Nc1ccc2c(c1)OC(O)C=C2C. The minimum absolute atomic E-state index is 0.0803. The summed E-state index contributed by atoms with van der Waals surface area (Å²) in [6, 6.07) is 4.35. The molecule has 3 amide bonds. The van der Waals surface area contributed by atoms with Crippen LogP contribution in [0.25, 0.3) is 5.57 Å². The van der Waals surface area contributed by atoms with Crippen molar-refractivity contribution in [1.29, 1.82) is 0 Å². The lowest BCUT2D eigenvalue weighted by atomic mass is 10.0. The molecule has 1 aliphatic rings. The number of anilines is 1. The molecule has 32 heavy (non-hydrogen) atoms. The van der Waals surface area contributed by atoms with Crippen LogP contribution in [0.5, 0.6) is 5.75 Å². The molecule has 10 nitrogen and oxygen atoms in total. The van der Waals surface area contributed by atoms with Crippen molar-refractivity contribution in [3.63, 3.8) is 0 Å². The first-order chi connectivity index (χ1) is 15.2. The molecule has 10 heteroatoms. The Morgan fingerprint density at radius 3 is 2.59 bits per heavy atom. The molecule has 0 bridgehead atoms. The zero-order valence-electron chi connectivity index (χ0n) is 18.1. The number of carboxylic acids is 1. The molecule has 1 heterocycles. The number of carbonyl (C=O) groups excluding carboxylic acids is 3. The minimum Gasteiger partial charge on any atom is -0.481 e. The molecule has 0 saturated carbocycles. The highest BCUT2D eigenvalue weighted by Gasteiger charge is 2.21. The van der Waals surface area contributed by atoms with E-state index in [4.69, 9.17) is 9.84 Å². The number of benzene rings is 1. The second-order valence-electron chi connectivity index (χ2n) is 7.55. The number of hydrogen-bond acceptors (Lipinski definition) is 6. The fourth-order valence-corrected chi connectivity index (χ4v) is 3.24. The van der Waals surface area contributed by atoms with Crippen molar-refractivity contribution in [2.45, 2.75) is 58.3 Å². The molecule has 1 aromatic rings. The number of carboxylic acid groups (broad SMARTS) is 1. The zero-order valence-corrected chi connectivity index (χ0v) is 18.1. The fraction of sp³-hybridized carbons (Fsp3) is 0.455. The van der Waals surface area contributed by atoms with Crippen LogP contribution >= 0.6 is 0 Å². The molecule has 5 N–H and O–H groups in total. The maximum Gasteiger partial charge on any atom is 0.303 e. The van der Waals surface area contributed by atoms with Gasteiger partial charge in [-0.25, -0.2) is 0 Å². The summed E-state index contributed by atoms with van der Waals surface area (Å²) in [5.41, 5.74) is 2.15. The summed E-state index contributed by atoms with van der Waals surface area (Å²) >= 11 is 0. The molecule has 174 valence electrons. The predicted octanol–water partition coefficient (Wildman–Crippen LogP) is 1.40. The van der Waals surface area contributed by atoms with E-state index in [-0.39, 0.29) is 24.7 Å². The number of unbranched alkanes of at least 4 members (excludes halogenated alkanes) is 1. The van der Waals surface area contributed by atoms with E-state index < -0.39 is 24.2 Å². The molecule has 0 fully saturated rings. The summed E-state index contributed by atoms with van der Waals surface area (Å²) < 4.78 is 5.38. The molecule has 2 atom stereocenters. The number of aliphatic carboxylic acids is 1. The first kappa shape index (κ1) is 24.9. The molecule has 1 aliphatic heterocycles. The van der Waals surface area contributed by atoms with Crippen LogP contribution in [-0.4, -0.2) is 52.8 Å². The monoisotopic (exact) mass is 447 g/mol. The van der Waals surface area contributed by atoms with Crippen LogP contribution in [0.1, 0.15) is 51.5 Å². The van der Waals surface area contributed by atoms with E-state index in [0.717, 1.165) is 11.1 Å². The lowest BCUT2D eigenvalue weighted by Crippen LogP contribution is -2.43. The summed E-state index contributed by atoms with van der Waals surface area (Å²) in [5, 5.41) is 26.3. The van der Waals surface area contributed by atoms with Gasteiger partial charge in [-0.1, -0.05) is 0 Å². The van der Waals surface area contributed by atoms with Crippen molar-refractivity contribution in [2.75, 3.05) is 11.9 Å². The van der Waals surface area contributed by atoms with Gasteiger partial charge in [0, 0.05) is 37.2 Å². The number of nitrogens with one attached hydrogen (secondary N) is 3. The van der Waals surface area contributed by atoms with Crippen molar-refractivity contribution in [3.05, 3.63) is 29.8 Å². The van der Waals surface area contributed by atoms with E-state index in [2.05, 4.69) is 16.0 Å². The highest BCUT2D eigenvalue weighted by Crippen LogP contribution is 2.33. The normalized spacial score (nSPS) is 15.5. The van der Waals surface area contributed by atoms with Gasteiger partial charge in [-0.15, -0.1) is 0 Å². The average Bonchev–Trinajstić information content (AvgIpc) is 2.70. The molecular weight excluding hydrogens is 418 g/mol. The Hall–Kier alpha value is -3.40. The van der Waals surface area contributed by atoms with Gasteiger partial charge in [0.25, 0.3) is 0 Å². The molecule has 1 aromatic carbocycles. The van der Waals surface area contributed by atoms with Gasteiger partial charge in [0.15, 0.2) is 0 Å². The Bertz CT molecular complexity index is 898. The van der Waals surface area contributed by atoms with Gasteiger partial charge >= 0.3 is 5.97 Å².